The van der Waals surface area contributed by atoms with Gasteiger partial charge in [0, 0.05) is 5.92 Å². The van der Waals surface area contributed by atoms with Crippen molar-refractivity contribution >= 4 is 15.6 Å². The van der Waals surface area contributed by atoms with Gasteiger partial charge in [0.05, 0.1) is 4.90 Å². The summed E-state index contributed by atoms with van der Waals surface area (Å²) in [6.07, 6.45) is 3.79. The maximum Gasteiger partial charge on any atom is 0.185 e. The lowest BCUT2D eigenvalue weighted by Gasteiger charge is -2.08. The van der Waals surface area contributed by atoms with Gasteiger partial charge in [0.1, 0.15) is 5.75 Å². The van der Waals surface area contributed by atoms with Crippen molar-refractivity contribution in [3.8, 4) is 0 Å². The molecule has 0 spiro atoms. The number of sulfone groups is 1. The van der Waals surface area contributed by atoms with Crippen LogP contribution in [0.5, 0.6) is 0 Å². The van der Waals surface area contributed by atoms with Crippen molar-refractivity contribution in [3.63, 3.8) is 0 Å². The fourth-order valence-electron chi connectivity index (χ4n) is 2.26. The van der Waals surface area contributed by atoms with Gasteiger partial charge in [-0.3, -0.25) is 4.79 Å². The molecule has 0 heterocycles. The number of rotatable bonds is 4. The number of hydrogen-bond donors (Lipinski definition) is 0. The van der Waals surface area contributed by atoms with Crippen LogP contribution in [0.1, 0.15) is 25.7 Å². The van der Waals surface area contributed by atoms with E-state index in [1.54, 1.807) is 18.2 Å². The lowest BCUT2D eigenvalue weighted by atomic mass is 10.0. The van der Waals surface area contributed by atoms with E-state index in [0.717, 1.165) is 25.7 Å². The van der Waals surface area contributed by atoms with Gasteiger partial charge in [-0.15, -0.1) is 0 Å². The number of carbonyl (C=O) groups is 1. The van der Waals surface area contributed by atoms with Crippen LogP contribution in [0, 0.1) is 5.92 Å². The van der Waals surface area contributed by atoms with E-state index in [1.807, 2.05) is 0 Å². The summed E-state index contributed by atoms with van der Waals surface area (Å²) in [4.78, 5) is 12.1. The Kier molecular flexibility index (Phi) is 3.62. The van der Waals surface area contributed by atoms with E-state index in [4.69, 9.17) is 0 Å². The lowest BCUT2D eigenvalue weighted by Crippen LogP contribution is -2.22. The van der Waals surface area contributed by atoms with Gasteiger partial charge in [0.2, 0.25) is 0 Å². The minimum Gasteiger partial charge on any atom is -0.298 e. The van der Waals surface area contributed by atoms with Crippen molar-refractivity contribution in [1.82, 2.24) is 0 Å². The number of hydrogen-bond acceptors (Lipinski definition) is 3. The molecule has 0 bridgehead atoms. The van der Waals surface area contributed by atoms with Crippen molar-refractivity contribution in [2.75, 3.05) is 5.75 Å². The van der Waals surface area contributed by atoms with Crippen LogP contribution in [0.3, 0.4) is 0 Å². The maximum atomic E-state index is 12.0. The van der Waals surface area contributed by atoms with Crippen LogP contribution in [-0.4, -0.2) is 20.0 Å². The standard InChI is InChI=1S/C13H16O3S/c14-13(11-6-4-5-7-11)10-17(15,16)12-8-2-1-3-9-12/h1-3,8-9,11H,4-7,10H2. The molecule has 4 heteroatoms. The van der Waals surface area contributed by atoms with Crippen molar-refractivity contribution in [1.29, 1.82) is 0 Å². The zero-order valence-electron chi connectivity index (χ0n) is 9.63. The summed E-state index contributed by atoms with van der Waals surface area (Å²) < 4.78 is 24.0. The number of carbonyl (C=O) groups excluding carboxylic acids is 1. The molecule has 1 aromatic rings. The molecule has 0 radical (unpaired) electrons. The summed E-state index contributed by atoms with van der Waals surface area (Å²) in [5, 5.41) is 0. The minimum atomic E-state index is -3.45. The molecule has 0 amide bonds. The van der Waals surface area contributed by atoms with Crippen LogP contribution in [0.25, 0.3) is 0 Å². The predicted octanol–water partition coefficient (Wildman–Crippen LogP) is 2.22. The van der Waals surface area contributed by atoms with Gasteiger partial charge in [0.15, 0.2) is 15.6 Å². The van der Waals surface area contributed by atoms with Crippen LogP contribution in [0.4, 0.5) is 0 Å². The van der Waals surface area contributed by atoms with Gasteiger partial charge in [0.25, 0.3) is 0 Å². The highest BCUT2D eigenvalue weighted by Gasteiger charge is 2.27. The molecule has 92 valence electrons. The van der Waals surface area contributed by atoms with E-state index in [1.165, 1.54) is 12.1 Å². The van der Waals surface area contributed by atoms with Gasteiger partial charge in [-0.2, -0.15) is 0 Å². The third kappa shape index (κ3) is 2.94. The van der Waals surface area contributed by atoms with E-state index in [2.05, 4.69) is 0 Å². The third-order valence-corrected chi connectivity index (χ3v) is 4.90. The number of Topliss-reactive ketones (excluding diaryl/α,β-unsaturated/α-hetero) is 1. The second-order valence-electron chi connectivity index (χ2n) is 4.52. The molecule has 0 saturated heterocycles. The Bertz CT molecular complexity index is 485. The number of ketones is 1. The normalized spacial score (nSPS) is 17.2. The van der Waals surface area contributed by atoms with Crippen LogP contribution in [0.2, 0.25) is 0 Å². The molecular formula is C13H16O3S. The molecule has 0 aliphatic heterocycles. The summed E-state index contributed by atoms with van der Waals surface area (Å²) in [6, 6.07) is 8.19. The van der Waals surface area contributed by atoms with Crippen molar-refractivity contribution in [3.05, 3.63) is 30.3 Å². The molecule has 1 saturated carbocycles. The lowest BCUT2D eigenvalue weighted by molar-refractivity contribution is -0.120. The zero-order chi connectivity index (χ0) is 12.3. The predicted molar refractivity (Wildman–Crippen MR) is 65.5 cm³/mol. The molecule has 1 aliphatic carbocycles. The molecule has 0 atom stereocenters. The van der Waals surface area contributed by atoms with Crippen molar-refractivity contribution in [2.24, 2.45) is 5.92 Å². The van der Waals surface area contributed by atoms with Gasteiger partial charge < -0.3 is 0 Å². The Morgan fingerprint density at radius 3 is 2.29 bits per heavy atom. The highest BCUT2D eigenvalue weighted by molar-refractivity contribution is 7.92. The average molecular weight is 252 g/mol. The summed E-state index contributed by atoms with van der Waals surface area (Å²) in [7, 11) is -3.45. The molecule has 1 aliphatic rings. The summed E-state index contributed by atoms with van der Waals surface area (Å²) in [5.74, 6) is -0.498. The van der Waals surface area contributed by atoms with Gasteiger partial charge >= 0.3 is 0 Å². The first-order valence-electron chi connectivity index (χ1n) is 5.90. The molecule has 1 aromatic carbocycles. The zero-order valence-corrected chi connectivity index (χ0v) is 10.4. The fraction of sp³-hybridized carbons (Fsp3) is 0.462. The minimum absolute atomic E-state index is 0.0338. The Hall–Kier alpha value is -1.16. The van der Waals surface area contributed by atoms with Crippen LogP contribution >= 0.6 is 0 Å². The highest BCUT2D eigenvalue weighted by Crippen LogP contribution is 2.26. The molecule has 0 unspecified atom stereocenters. The SMILES string of the molecule is O=C(CS(=O)(=O)c1ccccc1)C1CCCC1. The molecule has 2 rings (SSSR count). The smallest absolute Gasteiger partial charge is 0.185 e. The van der Waals surface area contributed by atoms with E-state index < -0.39 is 9.84 Å². The highest BCUT2D eigenvalue weighted by atomic mass is 32.2. The monoisotopic (exact) mass is 252 g/mol. The first-order valence-corrected chi connectivity index (χ1v) is 7.55. The third-order valence-electron chi connectivity index (χ3n) is 3.25. The second kappa shape index (κ2) is 5.00. The summed E-state index contributed by atoms with van der Waals surface area (Å²) in [6.45, 7) is 0. The Morgan fingerprint density at radius 2 is 1.71 bits per heavy atom. The van der Waals surface area contributed by atoms with Crippen LogP contribution in [-0.2, 0) is 14.6 Å². The fourth-order valence-corrected chi connectivity index (χ4v) is 3.61. The second-order valence-corrected chi connectivity index (χ2v) is 6.51. The molecule has 0 N–H and O–H groups in total. The van der Waals surface area contributed by atoms with E-state index in [-0.39, 0.29) is 22.3 Å². The Balaban J connectivity index is 2.10. The van der Waals surface area contributed by atoms with E-state index >= 15 is 0 Å². The molecule has 3 nitrogen and oxygen atoms in total. The quantitative estimate of drug-likeness (QED) is 0.825. The van der Waals surface area contributed by atoms with Gasteiger partial charge in [-0.25, -0.2) is 8.42 Å². The molecule has 17 heavy (non-hydrogen) atoms. The topological polar surface area (TPSA) is 51.2 Å². The Morgan fingerprint density at radius 1 is 1.12 bits per heavy atom. The first kappa shape index (κ1) is 12.3. The van der Waals surface area contributed by atoms with Crippen LogP contribution < -0.4 is 0 Å². The summed E-state index contributed by atoms with van der Waals surface area (Å²) in [5.41, 5.74) is 0. The molecule has 1 fully saturated rings. The average Bonchev–Trinajstić information content (AvgIpc) is 2.83. The number of benzene rings is 1. The van der Waals surface area contributed by atoms with Crippen molar-refractivity contribution in [2.45, 2.75) is 30.6 Å². The summed E-state index contributed by atoms with van der Waals surface area (Å²) >= 11 is 0. The van der Waals surface area contributed by atoms with Gasteiger partial charge in [-0.05, 0) is 25.0 Å². The largest absolute Gasteiger partial charge is 0.298 e. The Labute approximate surface area is 102 Å². The van der Waals surface area contributed by atoms with Crippen molar-refractivity contribution < 1.29 is 13.2 Å². The molecular weight excluding hydrogens is 236 g/mol. The van der Waals surface area contributed by atoms with Gasteiger partial charge in [-0.1, -0.05) is 31.0 Å². The first-order chi connectivity index (χ1) is 8.09. The molecule has 0 aromatic heterocycles. The van der Waals surface area contributed by atoms with E-state index in [0.29, 0.717) is 0 Å². The van der Waals surface area contributed by atoms with E-state index in [9.17, 15) is 13.2 Å². The van der Waals surface area contributed by atoms with Crippen LogP contribution in [0.15, 0.2) is 35.2 Å². The maximum absolute atomic E-state index is 12.0.